The van der Waals surface area contributed by atoms with Crippen molar-refractivity contribution >= 4 is 0 Å². The fraction of sp³-hybridized carbons (Fsp3) is 0.217. The molecule has 0 atom stereocenters. The molecule has 0 fully saturated rings. The maximum Gasteiger partial charge on any atom is 0.161 e. The molecular weight excluding hydrogens is 338 g/mol. The highest BCUT2D eigenvalue weighted by Crippen LogP contribution is 2.29. The van der Waals surface area contributed by atoms with E-state index in [-0.39, 0.29) is 0 Å². The second-order valence-electron chi connectivity index (χ2n) is 6.21. The van der Waals surface area contributed by atoms with Gasteiger partial charge in [-0.15, -0.1) is 0 Å². The molecule has 27 heavy (non-hydrogen) atoms. The number of hydrogen-bond donors (Lipinski definition) is 1. The Morgan fingerprint density at radius 2 is 1.37 bits per heavy atom. The zero-order chi connectivity index (χ0) is 18.9. The lowest BCUT2D eigenvalue weighted by atomic mass is 10.1. The Bertz CT molecular complexity index is 832. The molecule has 0 saturated carbocycles. The lowest BCUT2D eigenvalue weighted by molar-refractivity contribution is 0.284. The minimum absolute atomic E-state index is 0.520. The van der Waals surface area contributed by atoms with E-state index in [2.05, 4.69) is 23.5 Å². The van der Waals surface area contributed by atoms with Crippen molar-refractivity contribution in [3.63, 3.8) is 0 Å². The highest BCUT2D eigenvalue weighted by molar-refractivity contribution is 5.43. The molecule has 0 amide bonds. The minimum Gasteiger partial charge on any atom is -0.497 e. The van der Waals surface area contributed by atoms with Crippen molar-refractivity contribution in [2.24, 2.45) is 0 Å². The maximum absolute atomic E-state index is 5.91. The van der Waals surface area contributed by atoms with Crippen LogP contribution in [0.25, 0.3) is 0 Å². The Morgan fingerprint density at radius 1 is 0.667 bits per heavy atom. The monoisotopic (exact) mass is 363 g/mol. The van der Waals surface area contributed by atoms with Crippen LogP contribution in [0.5, 0.6) is 17.2 Å². The molecule has 0 aliphatic rings. The van der Waals surface area contributed by atoms with Gasteiger partial charge in [-0.25, -0.2) is 0 Å². The van der Waals surface area contributed by atoms with Crippen LogP contribution in [0.3, 0.4) is 0 Å². The largest absolute Gasteiger partial charge is 0.497 e. The predicted molar refractivity (Wildman–Crippen MR) is 107 cm³/mol. The zero-order valence-corrected chi connectivity index (χ0v) is 15.8. The first-order valence-electron chi connectivity index (χ1n) is 8.96. The van der Waals surface area contributed by atoms with Crippen LogP contribution in [0.1, 0.15) is 16.7 Å². The molecule has 1 N–H and O–H groups in total. The second-order valence-corrected chi connectivity index (χ2v) is 6.21. The Morgan fingerprint density at radius 3 is 2.07 bits per heavy atom. The Balaban J connectivity index is 1.54. The van der Waals surface area contributed by atoms with Gasteiger partial charge in [0.15, 0.2) is 11.5 Å². The van der Waals surface area contributed by atoms with Crippen LogP contribution in [0.4, 0.5) is 0 Å². The summed E-state index contributed by atoms with van der Waals surface area (Å²) in [6.45, 7) is 2.06. The maximum atomic E-state index is 5.91. The van der Waals surface area contributed by atoms with Crippen LogP contribution in [0.15, 0.2) is 72.8 Å². The summed E-state index contributed by atoms with van der Waals surface area (Å²) in [7, 11) is 3.34. The van der Waals surface area contributed by atoms with Crippen LogP contribution < -0.4 is 19.5 Å². The molecule has 0 spiro atoms. The van der Waals surface area contributed by atoms with E-state index < -0.39 is 0 Å². The van der Waals surface area contributed by atoms with Crippen LogP contribution in [0, 0.1) is 0 Å². The van der Waals surface area contributed by atoms with E-state index in [1.165, 1.54) is 5.56 Å². The van der Waals surface area contributed by atoms with E-state index >= 15 is 0 Å². The summed E-state index contributed by atoms with van der Waals surface area (Å²) in [6, 6.07) is 24.2. The average molecular weight is 363 g/mol. The normalized spacial score (nSPS) is 10.4. The number of methoxy groups -OCH3 is 2. The molecule has 0 aliphatic heterocycles. The molecule has 3 aromatic carbocycles. The standard InChI is InChI=1S/C23H25NO3/c1-25-21-11-8-18(9-12-21)15-24-16-20-10-13-22(23(14-20)26-2)27-17-19-6-4-3-5-7-19/h3-14,24H,15-17H2,1-2H3. The number of hydrogen-bond acceptors (Lipinski definition) is 4. The van der Waals surface area contributed by atoms with Gasteiger partial charge < -0.3 is 19.5 Å². The topological polar surface area (TPSA) is 39.7 Å². The Labute approximate surface area is 160 Å². The molecule has 0 bridgehead atoms. The first-order chi connectivity index (χ1) is 13.3. The minimum atomic E-state index is 0.520. The summed E-state index contributed by atoms with van der Waals surface area (Å²) in [4.78, 5) is 0. The summed E-state index contributed by atoms with van der Waals surface area (Å²) in [6.07, 6.45) is 0. The average Bonchev–Trinajstić information content (AvgIpc) is 2.74. The fourth-order valence-corrected chi connectivity index (χ4v) is 2.77. The molecule has 0 aromatic heterocycles. The predicted octanol–water partition coefficient (Wildman–Crippen LogP) is 4.57. The first kappa shape index (κ1) is 18.8. The van der Waals surface area contributed by atoms with Crippen molar-refractivity contribution in [3.05, 3.63) is 89.5 Å². The van der Waals surface area contributed by atoms with Gasteiger partial charge in [0.2, 0.25) is 0 Å². The summed E-state index contributed by atoms with van der Waals surface area (Å²) in [5, 5.41) is 3.45. The van der Waals surface area contributed by atoms with E-state index in [1.54, 1.807) is 14.2 Å². The van der Waals surface area contributed by atoms with Gasteiger partial charge >= 0.3 is 0 Å². The Hall–Kier alpha value is -2.98. The third kappa shape index (κ3) is 5.50. The Kier molecular flexibility index (Phi) is 6.72. The van der Waals surface area contributed by atoms with Crippen molar-refractivity contribution in [2.45, 2.75) is 19.7 Å². The highest BCUT2D eigenvalue weighted by atomic mass is 16.5. The SMILES string of the molecule is COc1ccc(CNCc2ccc(OCc3ccccc3)c(OC)c2)cc1. The van der Waals surface area contributed by atoms with E-state index in [9.17, 15) is 0 Å². The third-order valence-electron chi connectivity index (χ3n) is 4.28. The third-order valence-corrected chi connectivity index (χ3v) is 4.28. The molecule has 0 saturated heterocycles. The highest BCUT2D eigenvalue weighted by Gasteiger charge is 2.06. The molecule has 0 heterocycles. The van der Waals surface area contributed by atoms with Crippen molar-refractivity contribution in [2.75, 3.05) is 14.2 Å². The lowest BCUT2D eigenvalue weighted by Gasteiger charge is -2.13. The van der Waals surface area contributed by atoms with E-state index in [4.69, 9.17) is 14.2 Å². The van der Waals surface area contributed by atoms with Gasteiger partial charge in [0.25, 0.3) is 0 Å². The summed E-state index contributed by atoms with van der Waals surface area (Å²) in [5.41, 5.74) is 3.49. The molecule has 0 aliphatic carbocycles. The van der Waals surface area contributed by atoms with E-state index in [0.717, 1.165) is 41.5 Å². The van der Waals surface area contributed by atoms with Gasteiger partial charge in [-0.2, -0.15) is 0 Å². The number of rotatable bonds is 9. The molecule has 3 aromatic rings. The smallest absolute Gasteiger partial charge is 0.161 e. The van der Waals surface area contributed by atoms with Crippen molar-refractivity contribution in [1.82, 2.24) is 5.32 Å². The summed E-state index contributed by atoms with van der Waals surface area (Å²) in [5.74, 6) is 2.37. The van der Waals surface area contributed by atoms with Crippen LogP contribution in [-0.4, -0.2) is 14.2 Å². The molecule has 4 heteroatoms. The van der Waals surface area contributed by atoms with Gasteiger partial charge in [-0.1, -0.05) is 48.5 Å². The van der Waals surface area contributed by atoms with Gasteiger partial charge in [-0.3, -0.25) is 0 Å². The number of nitrogens with one attached hydrogen (secondary N) is 1. The zero-order valence-electron chi connectivity index (χ0n) is 15.8. The van der Waals surface area contributed by atoms with Crippen molar-refractivity contribution in [3.8, 4) is 17.2 Å². The molecule has 3 rings (SSSR count). The van der Waals surface area contributed by atoms with Crippen molar-refractivity contribution in [1.29, 1.82) is 0 Å². The number of ether oxygens (including phenoxy) is 3. The molecule has 4 nitrogen and oxygen atoms in total. The van der Waals surface area contributed by atoms with Crippen molar-refractivity contribution < 1.29 is 14.2 Å². The van der Waals surface area contributed by atoms with Crippen LogP contribution >= 0.6 is 0 Å². The van der Waals surface area contributed by atoms with E-state index in [1.807, 2.05) is 54.6 Å². The van der Waals surface area contributed by atoms with Crippen LogP contribution in [-0.2, 0) is 19.7 Å². The summed E-state index contributed by atoms with van der Waals surface area (Å²) < 4.78 is 16.6. The molecule has 0 unspecified atom stereocenters. The summed E-state index contributed by atoms with van der Waals surface area (Å²) >= 11 is 0. The second kappa shape index (κ2) is 9.64. The fourth-order valence-electron chi connectivity index (χ4n) is 2.77. The van der Waals surface area contributed by atoms with Gasteiger partial charge in [0.05, 0.1) is 14.2 Å². The van der Waals surface area contributed by atoms with E-state index in [0.29, 0.717) is 6.61 Å². The molecule has 0 radical (unpaired) electrons. The van der Waals surface area contributed by atoms with Gasteiger partial charge in [-0.05, 0) is 41.0 Å². The van der Waals surface area contributed by atoms with Gasteiger partial charge in [0, 0.05) is 13.1 Å². The lowest BCUT2D eigenvalue weighted by Crippen LogP contribution is -2.12. The van der Waals surface area contributed by atoms with Crippen LogP contribution in [0.2, 0.25) is 0 Å². The van der Waals surface area contributed by atoms with Gasteiger partial charge in [0.1, 0.15) is 12.4 Å². The molecule has 140 valence electrons. The molecular formula is C23H25NO3. The first-order valence-corrected chi connectivity index (χ1v) is 8.96. The number of benzene rings is 3. The quantitative estimate of drug-likeness (QED) is 0.604.